The number of hydrogen-bond acceptors (Lipinski definition) is 6. The fourth-order valence-corrected chi connectivity index (χ4v) is 4.92. The van der Waals surface area contributed by atoms with Gasteiger partial charge in [0.25, 0.3) is 5.91 Å². The smallest absolute Gasteiger partial charge is 0.319 e. The number of unbranched alkanes of at least 4 members (excludes halogenated alkanes) is 1. The maximum Gasteiger partial charge on any atom is 0.319 e. The topological polar surface area (TPSA) is 119 Å². The third-order valence-corrected chi connectivity index (χ3v) is 7.10. The van der Waals surface area contributed by atoms with Crippen molar-refractivity contribution in [2.45, 2.75) is 57.7 Å². The molecule has 1 aromatic heterocycles. The van der Waals surface area contributed by atoms with Crippen molar-refractivity contribution in [1.82, 2.24) is 15.2 Å². The van der Waals surface area contributed by atoms with Crippen LogP contribution in [0.4, 0.5) is 19.3 Å². The lowest BCUT2D eigenvalue weighted by molar-refractivity contribution is 0.0996. The van der Waals surface area contributed by atoms with Gasteiger partial charge in [-0.2, -0.15) is 0 Å². The molecule has 1 aliphatic heterocycles. The minimum absolute atomic E-state index is 0.134. The van der Waals surface area contributed by atoms with Crippen molar-refractivity contribution < 1.29 is 27.8 Å². The van der Waals surface area contributed by atoms with Gasteiger partial charge >= 0.3 is 6.03 Å². The van der Waals surface area contributed by atoms with Crippen molar-refractivity contribution in [3.05, 3.63) is 77.5 Å². The molecule has 4 N–H and O–H groups in total. The van der Waals surface area contributed by atoms with Crippen LogP contribution in [0.25, 0.3) is 0 Å². The standard InChI is InChI=1S/C30H35F2N5O4/c1-3-4-5-21-14-20(35-30(39)36-27-15-24(29(33)38)25(31)16-26(27)32)12-13-37(21)18-19-6-11-28(34-17-19)41-23-9-7-22(40-2)8-10-23/h6-11,15-17,20-21H,3-5,12-14,18H2,1-2H3,(H2,33,38)(H2,35,36,39). The molecule has 218 valence electrons. The number of pyridine rings is 1. The number of nitrogens with one attached hydrogen (secondary N) is 2. The number of hydrogen-bond donors (Lipinski definition) is 3. The van der Waals surface area contributed by atoms with Crippen LogP contribution in [-0.2, 0) is 6.54 Å². The van der Waals surface area contributed by atoms with Crippen LogP contribution in [0.1, 0.15) is 54.9 Å². The van der Waals surface area contributed by atoms with Gasteiger partial charge in [-0.05, 0) is 55.2 Å². The van der Waals surface area contributed by atoms with Gasteiger partial charge in [0.15, 0.2) is 0 Å². The number of anilines is 1. The number of rotatable bonds is 11. The number of amides is 3. The van der Waals surface area contributed by atoms with E-state index in [1.807, 2.05) is 42.6 Å². The number of benzene rings is 2. The third kappa shape index (κ3) is 8.14. The average Bonchev–Trinajstić information content (AvgIpc) is 2.95. The highest BCUT2D eigenvalue weighted by Crippen LogP contribution is 2.26. The molecule has 2 aromatic carbocycles. The summed E-state index contributed by atoms with van der Waals surface area (Å²) >= 11 is 0. The number of carbonyl (C=O) groups excluding carboxylic acids is 2. The maximum atomic E-state index is 14.2. The number of nitrogens with two attached hydrogens (primary N) is 1. The van der Waals surface area contributed by atoms with E-state index in [2.05, 4.69) is 27.4 Å². The summed E-state index contributed by atoms with van der Waals surface area (Å²) in [5.74, 6) is -1.21. The van der Waals surface area contributed by atoms with Crippen LogP contribution in [0.3, 0.4) is 0 Å². The molecule has 9 nitrogen and oxygen atoms in total. The summed E-state index contributed by atoms with van der Waals surface area (Å²) < 4.78 is 39.0. The number of aromatic nitrogens is 1. The number of methoxy groups -OCH3 is 1. The molecule has 2 unspecified atom stereocenters. The molecule has 41 heavy (non-hydrogen) atoms. The number of halogens is 2. The number of ether oxygens (including phenoxy) is 2. The van der Waals surface area contributed by atoms with Gasteiger partial charge in [-0.15, -0.1) is 0 Å². The quantitative estimate of drug-likeness (QED) is 0.277. The lowest BCUT2D eigenvalue weighted by Crippen LogP contribution is -2.50. The average molecular weight is 568 g/mol. The molecule has 0 saturated carbocycles. The van der Waals surface area contributed by atoms with E-state index < -0.39 is 29.1 Å². The summed E-state index contributed by atoms with van der Waals surface area (Å²) in [5, 5.41) is 5.27. The van der Waals surface area contributed by atoms with Crippen molar-refractivity contribution in [3.8, 4) is 17.4 Å². The van der Waals surface area contributed by atoms with E-state index in [-0.39, 0.29) is 17.8 Å². The third-order valence-electron chi connectivity index (χ3n) is 7.10. The summed E-state index contributed by atoms with van der Waals surface area (Å²) in [6, 6.07) is 12.0. The Kier molecular flexibility index (Phi) is 10.1. The Morgan fingerprint density at radius 1 is 1.10 bits per heavy atom. The van der Waals surface area contributed by atoms with E-state index in [1.165, 1.54) is 0 Å². The molecular formula is C30H35F2N5O4. The van der Waals surface area contributed by atoms with Gasteiger partial charge in [-0.25, -0.2) is 18.6 Å². The molecule has 2 atom stereocenters. The molecule has 3 aromatic rings. The van der Waals surface area contributed by atoms with Crippen molar-refractivity contribution in [2.24, 2.45) is 5.73 Å². The van der Waals surface area contributed by atoms with Gasteiger partial charge in [-0.1, -0.05) is 25.8 Å². The first-order valence-electron chi connectivity index (χ1n) is 13.6. The van der Waals surface area contributed by atoms with Gasteiger partial charge in [0.05, 0.1) is 18.4 Å². The van der Waals surface area contributed by atoms with Gasteiger partial charge in [0, 0.05) is 43.5 Å². The van der Waals surface area contributed by atoms with Crippen molar-refractivity contribution in [2.75, 3.05) is 19.0 Å². The molecule has 11 heteroatoms. The van der Waals surface area contributed by atoms with Gasteiger partial charge in [0.2, 0.25) is 5.88 Å². The SMILES string of the molecule is CCCCC1CC(NC(=O)Nc2cc(C(N)=O)c(F)cc2F)CCN1Cc1ccc(Oc2ccc(OC)cc2)nc1. The molecule has 0 bridgehead atoms. The Morgan fingerprint density at radius 3 is 2.51 bits per heavy atom. The van der Waals surface area contributed by atoms with Crippen LogP contribution < -0.4 is 25.8 Å². The first kappa shape index (κ1) is 29.7. The Morgan fingerprint density at radius 2 is 1.85 bits per heavy atom. The molecule has 0 radical (unpaired) electrons. The largest absolute Gasteiger partial charge is 0.497 e. The fraction of sp³-hybridized carbons (Fsp3) is 0.367. The molecule has 1 aliphatic rings. The highest BCUT2D eigenvalue weighted by Gasteiger charge is 2.29. The summed E-state index contributed by atoms with van der Waals surface area (Å²) in [6.45, 7) is 3.60. The number of likely N-dealkylation sites (tertiary alicyclic amines) is 1. The zero-order valence-corrected chi connectivity index (χ0v) is 23.2. The molecule has 0 spiro atoms. The molecule has 3 amide bonds. The highest BCUT2D eigenvalue weighted by atomic mass is 19.1. The Hall–Kier alpha value is -4.25. The number of carbonyl (C=O) groups is 2. The van der Waals surface area contributed by atoms with Crippen LogP contribution in [-0.4, -0.2) is 47.6 Å². The lowest BCUT2D eigenvalue weighted by atomic mass is 9.93. The first-order chi connectivity index (χ1) is 19.7. The van der Waals surface area contributed by atoms with Crippen molar-refractivity contribution in [3.63, 3.8) is 0 Å². The highest BCUT2D eigenvalue weighted by molar-refractivity contribution is 5.96. The summed E-state index contributed by atoms with van der Waals surface area (Å²) in [6.07, 6.45) is 6.29. The van der Waals surface area contributed by atoms with E-state index >= 15 is 0 Å². The predicted molar refractivity (Wildman–Crippen MR) is 151 cm³/mol. The Balaban J connectivity index is 1.34. The van der Waals surface area contributed by atoms with Crippen LogP contribution >= 0.6 is 0 Å². The van der Waals surface area contributed by atoms with Gasteiger partial charge < -0.3 is 25.8 Å². The van der Waals surface area contributed by atoms with Crippen LogP contribution in [0.5, 0.6) is 17.4 Å². The fourth-order valence-electron chi connectivity index (χ4n) is 4.92. The minimum Gasteiger partial charge on any atom is -0.497 e. The number of primary amides is 1. The Labute approximate surface area is 238 Å². The second-order valence-electron chi connectivity index (χ2n) is 10.0. The van der Waals surface area contributed by atoms with Gasteiger partial charge in [-0.3, -0.25) is 9.69 Å². The van der Waals surface area contributed by atoms with Crippen LogP contribution in [0, 0.1) is 11.6 Å². The number of urea groups is 1. The first-order valence-corrected chi connectivity index (χ1v) is 13.6. The van der Waals surface area contributed by atoms with Crippen molar-refractivity contribution in [1.29, 1.82) is 0 Å². The molecular weight excluding hydrogens is 532 g/mol. The minimum atomic E-state index is -1.08. The molecule has 0 aliphatic carbocycles. The second-order valence-corrected chi connectivity index (χ2v) is 10.0. The molecule has 2 heterocycles. The maximum absolute atomic E-state index is 14.2. The van der Waals surface area contributed by atoms with Crippen LogP contribution in [0.2, 0.25) is 0 Å². The zero-order valence-electron chi connectivity index (χ0n) is 23.2. The second kappa shape index (κ2) is 13.9. The lowest BCUT2D eigenvalue weighted by Gasteiger charge is -2.40. The number of nitrogens with zero attached hydrogens (tertiary/aromatic N) is 2. The van der Waals surface area contributed by atoms with E-state index in [9.17, 15) is 18.4 Å². The van der Waals surface area contributed by atoms with E-state index in [1.54, 1.807) is 7.11 Å². The molecule has 1 saturated heterocycles. The van der Waals surface area contributed by atoms with E-state index in [0.29, 0.717) is 30.7 Å². The monoisotopic (exact) mass is 567 g/mol. The molecule has 4 rings (SSSR count). The van der Waals surface area contributed by atoms with Crippen LogP contribution in [0.15, 0.2) is 54.7 Å². The normalized spacial score (nSPS) is 17.1. The zero-order chi connectivity index (χ0) is 29.4. The summed E-state index contributed by atoms with van der Waals surface area (Å²) in [4.78, 5) is 30.9. The Bertz CT molecular complexity index is 1340. The van der Waals surface area contributed by atoms with E-state index in [0.717, 1.165) is 49.6 Å². The number of piperidine rings is 1. The predicted octanol–water partition coefficient (Wildman–Crippen LogP) is 5.60. The molecule has 1 fully saturated rings. The van der Waals surface area contributed by atoms with Gasteiger partial charge in [0.1, 0.15) is 23.1 Å². The summed E-state index contributed by atoms with van der Waals surface area (Å²) in [7, 11) is 1.61. The van der Waals surface area contributed by atoms with E-state index in [4.69, 9.17) is 15.2 Å². The summed E-state index contributed by atoms with van der Waals surface area (Å²) in [5.41, 5.74) is 5.38. The van der Waals surface area contributed by atoms with Crippen molar-refractivity contribution >= 4 is 17.6 Å².